The van der Waals surface area contributed by atoms with Gasteiger partial charge >= 0.3 is 0 Å². The van der Waals surface area contributed by atoms with E-state index in [4.69, 9.17) is 0 Å². The molecule has 4 heteroatoms. The van der Waals surface area contributed by atoms with Crippen molar-refractivity contribution in [2.45, 2.75) is 63.6 Å². The van der Waals surface area contributed by atoms with E-state index in [2.05, 4.69) is 30.1 Å². The highest BCUT2D eigenvalue weighted by molar-refractivity contribution is 5.85. The summed E-state index contributed by atoms with van der Waals surface area (Å²) in [6, 6.07) is 2.61. The predicted octanol–water partition coefficient (Wildman–Crippen LogP) is 1.42. The summed E-state index contributed by atoms with van der Waals surface area (Å²) >= 11 is 0. The van der Waals surface area contributed by atoms with Crippen LogP contribution < -0.4 is 5.32 Å². The first-order valence-corrected chi connectivity index (χ1v) is 6.98. The van der Waals surface area contributed by atoms with Crippen LogP contribution in [0.3, 0.4) is 0 Å². The van der Waals surface area contributed by atoms with E-state index in [0.29, 0.717) is 12.5 Å². The van der Waals surface area contributed by atoms with Crippen LogP contribution in [0.25, 0.3) is 0 Å². The van der Waals surface area contributed by atoms with Gasteiger partial charge in [0, 0.05) is 18.1 Å². The molecule has 2 unspecified atom stereocenters. The Hall–Kier alpha value is -1.08. The lowest BCUT2D eigenvalue weighted by Gasteiger charge is -2.37. The first-order chi connectivity index (χ1) is 8.50. The molecule has 0 aromatic heterocycles. The van der Waals surface area contributed by atoms with Gasteiger partial charge in [0.15, 0.2) is 0 Å². The number of nitrogens with one attached hydrogen (secondary N) is 1. The Bertz CT molecular complexity index is 421. The van der Waals surface area contributed by atoms with Crippen LogP contribution in [0.2, 0.25) is 0 Å². The van der Waals surface area contributed by atoms with Crippen molar-refractivity contribution < 1.29 is 4.79 Å². The second kappa shape index (κ2) is 3.71. The molecule has 2 spiro atoms. The van der Waals surface area contributed by atoms with Crippen molar-refractivity contribution in [3.05, 3.63) is 0 Å². The number of hydrogen-bond acceptors (Lipinski definition) is 3. The number of carbonyl (C=O) groups excluding carboxylic acids is 1. The van der Waals surface area contributed by atoms with Crippen LogP contribution in [0.5, 0.6) is 0 Å². The zero-order valence-electron chi connectivity index (χ0n) is 11.2. The van der Waals surface area contributed by atoms with Gasteiger partial charge in [-0.1, -0.05) is 0 Å². The van der Waals surface area contributed by atoms with Gasteiger partial charge in [0.2, 0.25) is 5.91 Å². The number of amides is 1. The van der Waals surface area contributed by atoms with Crippen molar-refractivity contribution >= 4 is 5.91 Å². The van der Waals surface area contributed by atoms with Crippen LogP contribution >= 0.6 is 0 Å². The molecular weight excluding hydrogens is 226 g/mol. The van der Waals surface area contributed by atoms with E-state index < -0.39 is 0 Å². The highest BCUT2D eigenvalue weighted by Gasteiger charge is 2.57. The van der Waals surface area contributed by atoms with E-state index >= 15 is 0 Å². The summed E-state index contributed by atoms with van der Waals surface area (Å²) in [7, 11) is 0. The SMILES string of the molecule is CC(C)N1CC2(CCC3(CC3)NC2=O)CC1C#N. The van der Waals surface area contributed by atoms with Crippen molar-refractivity contribution in [2.75, 3.05) is 6.54 Å². The minimum atomic E-state index is -0.293. The number of piperidine rings is 1. The van der Waals surface area contributed by atoms with E-state index in [9.17, 15) is 10.1 Å². The Labute approximate surface area is 108 Å². The van der Waals surface area contributed by atoms with Crippen LogP contribution in [0.1, 0.15) is 46.0 Å². The molecule has 0 aromatic carbocycles. The molecule has 98 valence electrons. The summed E-state index contributed by atoms with van der Waals surface area (Å²) in [5.74, 6) is 0.203. The van der Waals surface area contributed by atoms with Crippen molar-refractivity contribution in [2.24, 2.45) is 5.41 Å². The van der Waals surface area contributed by atoms with E-state index in [1.165, 1.54) is 0 Å². The molecular formula is C14H21N3O. The fourth-order valence-corrected chi connectivity index (χ4v) is 3.57. The van der Waals surface area contributed by atoms with Gasteiger partial charge in [-0.3, -0.25) is 9.69 Å². The van der Waals surface area contributed by atoms with Gasteiger partial charge in [0.1, 0.15) is 0 Å². The Morgan fingerprint density at radius 3 is 2.50 bits per heavy atom. The predicted molar refractivity (Wildman–Crippen MR) is 67.6 cm³/mol. The lowest BCUT2D eigenvalue weighted by atomic mass is 9.75. The van der Waals surface area contributed by atoms with E-state index in [1.54, 1.807) is 0 Å². The minimum Gasteiger partial charge on any atom is -0.350 e. The summed E-state index contributed by atoms with van der Waals surface area (Å²) < 4.78 is 0. The Morgan fingerprint density at radius 2 is 2.06 bits per heavy atom. The van der Waals surface area contributed by atoms with E-state index in [0.717, 1.165) is 32.2 Å². The van der Waals surface area contributed by atoms with Gasteiger partial charge in [-0.05, 0) is 46.0 Å². The van der Waals surface area contributed by atoms with Crippen molar-refractivity contribution in [3.8, 4) is 6.07 Å². The fourth-order valence-electron chi connectivity index (χ4n) is 3.57. The largest absolute Gasteiger partial charge is 0.350 e. The summed E-state index contributed by atoms with van der Waals surface area (Å²) in [6.45, 7) is 4.96. The average Bonchev–Trinajstić information content (AvgIpc) is 2.97. The molecule has 0 bridgehead atoms. The molecule has 2 heterocycles. The Kier molecular flexibility index (Phi) is 2.47. The number of rotatable bonds is 1. The minimum absolute atomic E-state index is 0.0935. The molecule has 2 atom stereocenters. The summed E-state index contributed by atoms with van der Waals surface area (Å²) in [6.07, 6.45) is 5.06. The van der Waals surface area contributed by atoms with Crippen LogP contribution in [0.4, 0.5) is 0 Å². The maximum absolute atomic E-state index is 12.5. The molecule has 1 saturated carbocycles. The van der Waals surface area contributed by atoms with Crippen LogP contribution in [0, 0.1) is 16.7 Å². The van der Waals surface area contributed by atoms with Crippen LogP contribution in [0.15, 0.2) is 0 Å². The van der Waals surface area contributed by atoms with Gasteiger partial charge in [0.05, 0.1) is 17.5 Å². The molecule has 0 radical (unpaired) electrons. The van der Waals surface area contributed by atoms with E-state index in [-0.39, 0.29) is 22.9 Å². The second-order valence-corrected chi connectivity index (χ2v) is 6.63. The van der Waals surface area contributed by atoms with Crippen molar-refractivity contribution in [1.29, 1.82) is 5.26 Å². The van der Waals surface area contributed by atoms with E-state index in [1.807, 2.05) is 0 Å². The standard InChI is InChI=1S/C14H21N3O/c1-10(2)17-9-13(7-11(17)8-15)3-4-14(5-6-14)16-12(13)18/h10-11H,3-7,9H2,1-2H3,(H,16,18). The van der Waals surface area contributed by atoms with Crippen molar-refractivity contribution in [1.82, 2.24) is 10.2 Å². The fraction of sp³-hybridized carbons (Fsp3) is 0.857. The molecule has 1 amide bonds. The number of nitriles is 1. The number of carbonyl (C=O) groups is 1. The van der Waals surface area contributed by atoms with Crippen LogP contribution in [-0.4, -0.2) is 35.0 Å². The number of likely N-dealkylation sites (tertiary alicyclic amines) is 1. The molecule has 1 aliphatic carbocycles. The Morgan fingerprint density at radius 1 is 1.39 bits per heavy atom. The molecule has 3 aliphatic rings. The summed E-state index contributed by atoms with van der Waals surface area (Å²) in [5, 5.41) is 12.5. The first-order valence-electron chi connectivity index (χ1n) is 6.98. The normalized spacial score (nSPS) is 38.1. The highest BCUT2D eigenvalue weighted by Crippen LogP contribution is 2.50. The number of nitrogens with zero attached hydrogens (tertiary/aromatic N) is 2. The van der Waals surface area contributed by atoms with Gasteiger partial charge in [-0.2, -0.15) is 5.26 Å². The van der Waals surface area contributed by atoms with Crippen LogP contribution in [-0.2, 0) is 4.79 Å². The van der Waals surface area contributed by atoms with Gasteiger partial charge in [-0.25, -0.2) is 0 Å². The maximum Gasteiger partial charge on any atom is 0.228 e. The topological polar surface area (TPSA) is 56.1 Å². The highest BCUT2D eigenvalue weighted by atomic mass is 16.2. The third-order valence-electron chi connectivity index (χ3n) is 5.08. The molecule has 3 rings (SSSR count). The molecule has 2 aliphatic heterocycles. The molecule has 3 fully saturated rings. The quantitative estimate of drug-likeness (QED) is 0.762. The lowest BCUT2D eigenvalue weighted by Crippen LogP contribution is -2.53. The molecule has 0 aromatic rings. The van der Waals surface area contributed by atoms with Gasteiger partial charge < -0.3 is 5.32 Å². The third-order valence-corrected chi connectivity index (χ3v) is 5.08. The maximum atomic E-state index is 12.5. The zero-order valence-corrected chi connectivity index (χ0v) is 11.2. The summed E-state index contributed by atoms with van der Waals surface area (Å²) in [4.78, 5) is 14.6. The molecule has 18 heavy (non-hydrogen) atoms. The monoisotopic (exact) mass is 247 g/mol. The average molecular weight is 247 g/mol. The summed E-state index contributed by atoms with van der Waals surface area (Å²) in [5.41, 5.74) is -0.145. The van der Waals surface area contributed by atoms with Gasteiger partial charge in [-0.15, -0.1) is 0 Å². The smallest absolute Gasteiger partial charge is 0.228 e. The molecule has 4 nitrogen and oxygen atoms in total. The van der Waals surface area contributed by atoms with Gasteiger partial charge in [0.25, 0.3) is 0 Å². The molecule has 2 saturated heterocycles. The van der Waals surface area contributed by atoms with Crippen molar-refractivity contribution in [3.63, 3.8) is 0 Å². The second-order valence-electron chi connectivity index (χ2n) is 6.63. The Balaban J connectivity index is 1.80. The first kappa shape index (κ1) is 12.0. The third kappa shape index (κ3) is 1.65. The zero-order chi connectivity index (χ0) is 13.0. The lowest BCUT2D eigenvalue weighted by molar-refractivity contribution is -0.134. The molecule has 1 N–H and O–H groups in total. The number of hydrogen-bond donors (Lipinski definition) is 1.